The summed E-state index contributed by atoms with van der Waals surface area (Å²) in [6.45, 7) is -0.440. The summed E-state index contributed by atoms with van der Waals surface area (Å²) in [5.41, 5.74) is 0.879. The molecule has 6 nitrogen and oxygen atoms in total. The van der Waals surface area contributed by atoms with Crippen LogP contribution in [-0.2, 0) is 9.53 Å². The number of hydrogen-bond donors (Lipinski definition) is 0. The highest BCUT2D eigenvalue weighted by Gasteiger charge is 2.13. The predicted molar refractivity (Wildman–Crippen MR) is 96.8 cm³/mol. The third kappa shape index (κ3) is 5.31. The van der Waals surface area contributed by atoms with Crippen molar-refractivity contribution in [2.75, 3.05) is 27.9 Å². The maximum absolute atomic E-state index is 12.9. The molecule has 142 valence electrons. The SMILES string of the molecule is COc1cc(/C=C\C(=O)OCC(=O)c2ccc(F)cc2)cc(OC)c1OC. The molecule has 0 amide bonds. The van der Waals surface area contributed by atoms with Gasteiger partial charge >= 0.3 is 5.97 Å². The minimum Gasteiger partial charge on any atom is -0.493 e. The molecule has 0 radical (unpaired) electrons. The molecule has 0 aromatic heterocycles. The molecule has 0 aliphatic heterocycles. The Morgan fingerprint density at radius 1 is 0.963 bits per heavy atom. The summed E-state index contributed by atoms with van der Waals surface area (Å²) in [4.78, 5) is 23.7. The van der Waals surface area contributed by atoms with Gasteiger partial charge in [0.1, 0.15) is 5.82 Å². The predicted octanol–water partition coefficient (Wildman–Crippen LogP) is 3.29. The van der Waals surface area contributed by atoms with Crippen molar-refractivity contribution in [1.82, 2.24) is 0 Å². The molecule has 27 heavy (non-hydrogen) atoms. The molecule has 0 saturated carbocycles. The van der Waals surface area contributed by atoms with Crippen LogP contribution in [0.2, 0.25) is 0 Å². The molecule has 0 atom stereocenters. The van der Waals surface area contributed by atoms with E-state index in [4.69, 9.17) is 18.9 Å². The lowest BCUT2D eigenvalue weighted by Gasteiger charge is -2.12. The van der Waals surface area contributed by atoms with Crippen molar-refractivity contribution >= 4 is 17.8 Å². The van der Waals surface area contributed by atoms with Crippen molar-refractivity contribution in [2.24, 2.45) is 0 Å². The van der Waals surface area contributed by atoms with Gasteiger partial charge in [-0.1, -0.05) is 0 Å². The van der Waals surface area contributed by atoms with Crippen LogP contribution in [0.1, 0.15) is 15.9 Å². The molecule has 0 fully saturated rings. The Bertz CT molecular complexity index is 817. The van der Waals surface area contributed by atoms with Crippen LogP contribution < -0.4 is 14.2 Å². The maximum Gasteiger partial charge on any atom is 0.331 e. The van der Waals surface area contributed by atoms with Gasteiger partial charge in [0.25, 0.3) is 0 Å². The van der Waals surface area contributed by atoms with Gasteiger partial charge in [-0.15, -0.1) is 0 Å². The third-order valence-electron chi connectivity index (χ3n) is 3.61. The second-order valence-corrected chi connectivity index (χ2v) is 5.33. The second kappa shape index (κ2) is 9.38. The molecule has 0 saturated heterocycles. The summed E-state index contributed by atoms with van der Waals surface area (Å²) >= 11 is 0. The van der Waals surface area contributed by atoms with E-state index in [2.05, 4.69) is 0 Å². The molecular weight excluding hydrogens is 355 g/mol. The third-order valence-corrected chi connectivity index (χ3v) is 3.61. The number of hydrogen-bond acceptors (Lipinski definition) is 6. The van der Waals surface area contributed by atoms with Crippen LogP contribution in [0.4, 0.5) is 4.39 Å². The van der Waals surface area contributed by atoms with E-state index in [9.17, 15) is 14.0 Å². The number of Topliss-reactive ketones (excluding diaryl/α,β-unsaturated/α-hetero) is 1. The Morgan fingerprint density at radius 2 is 1.56 bits per heavy atom. The van der Waals surface area contributed by atoms with Crippen LogP contribution in [0.25, 0.3) is 6.08 Å². The van der Waals surface area contributed by atoms with Gasteiger partial charge < -0.3 is 18.9 Å². The first-order chi connectivity index (χ1) is 13.0. The van der Waals surface area contributed by atoms with Gasteiger partial charge in [0.2, 0.25) is 5.75 Å². The Morgan fingerprint density at radius 3 is 2.07 bits per heavy atom. The fourth-order valence-corrected chi connectivity index (χ4v) is 2.27. The second-order valence-electron chi connectivity index (χ2n) is 5.33. The highest BCUT2D eigenvalue weighted by molar-refractivity contribution is 5.98. The van der Waals surface area contributed by atoms with E-state index in [0.29, 0.717) is 22.8 Å². The quantitative estimate of drug-likeness (QED) is 0.401. The lowest BCUT2D eigenvalue weighted by molar-refractivity contribution is -0.136. The highest BCUT2D eigenvalue weighted by atomic mass is 19.1. The number of esters is 1. The van der Waals surface area contributed by atoms with Gasteiger partial charge in [0.05, 0.1) is 21.3 Å². The zero-order valence-electron chi connectivity index (χ0n) is 15.2. The summed E-state index contributed by atoms with van der Waals surface area (Å²) in [6, 6.07) is 8.32. The summed E-state index contributed by atoms with van der Waals surface area (Å²) in [5, 5.41) is 0. The summed E-state index contributed by atoms with van der Waals surface area (Å²) in [5.74, 6) is -0.252. The molecule has 7 heteroatoms. The first-order valence-electron chi connectivity index (χ1n) is 7.92. The fourth-order valence-electron chi connectivity index (χ4n) is 2.27. The van der Waals surface area contributed by atoms with E-state index >= 15 is 0 Å². The summed E-state index contributed by atoms with van der Waals surface area (Å²) in [7, 11) is 4.46. The van der Waals surface area contributed by atoms with E-state index in [1.807, 2.05) is 0 Å². The summed E-state index contributed by atoms with van der Waals surface area (Å²) < 4.78 is 33.5. The topological polar surface area (TPSA) is 71.1 Å². The van der Waals surface area contributed by atoms with E-state index in [-0.39, 0.29) is 5.56 Å². The maximum atomic E-state index is 12.9. The molecule has 2 aromatic rings. The Kier molecular flexibility index (Phi) is 6.93. The number of carbonyl (C=O) groups is 2. The number of halogens is 1. The fraction of sp³-hybridized carbons (Fsp3) is 0.200. The summed E-state index contributed by atoms with van der Waals surface area (Å²) in [6.07, 6.45) is 2.67. The number of rotatable bonds is 8. The van der Waals surface area contributed by atoms with Crippen molar-refractivity contribution in [3.63, 3.8) is 0 Å². The molecule has 0 aliphatic rings. The lowest BCUT2D eigenvalue weighted by atomic mass is 10.1. The van der Waals surface area contributed by atoms with E-state index < -0.39 is 24.2 Å². The first-order valence-corrected chi connectivity index (χ1v) is 7.92. The average molecular weight is 374 g/mol. The van der Waals surface area contributed by atoms with Crippen molar-refractivity contribution < 1.29 is 32.9 Å². The molecule has 2 rings (SSSR count). The Balaban J connectivity index is 2.01. The number of carbonyl (C=O) groups excluding carboxylic acids is 2. The van der Waals surface area contributed by atoms with Crippen LogP contribution in [0.5, 0.6) is 17.2 Å². The van der Waals surface area contributed by atoms with Gasteiger partial charge in [-0.2, -0.15) is 0 Å². The minimum atomic E-state index is -0.695. The zero-order chi connectivity index (χ0) is 19.8. The van der Waals surface area contributed by atoms with Crippen LogP contribution in [0.15, 0.2) is 42.5 Å². The number of benzene rings is 2. The van der Waals surface area contributed by atoms with Gasteiger partial charge in [-0.3, -0.25) is 4.79 Å². The smallest absolute Gasteiger partial charge is 0.331 e. The molecule has 0 bridgehead atoms. The van der Waals surface area contributed by atoms with E-state index in [1.165, 1.54) is 57.7 Å². The molecule has 0 heterocycles. The highest BCUT2D eigenvalue weighted by Crippen LogP contribution is 2.38. The van der Waals surface area contributed by atoms with Gasteiger partial charge in [0.15, 0.2) is 23.9 Å². The van der Waals surface area contributed by atoms with Gasteiger partial charge in [-0.05, 0) is 48.0 Å². The average Bonchev–Trinajstić information content (AvgIpc) is 2.69. The normalized spacial score (nSPS) is 10.5. The molecule has 2 aromatic carbocycles. The van der Waals surface area contributed by atoms with E-state index in [0.717, 1.165) is 0 Å². The molecule has 0 aliphatic carbocycles. The molecular formula is C20H19FO6. The Labute approximate surface area is 156 Å². The monoisotopic (exact) mass is 374 g/mol. The molecule has 0 N–H and O–H groups in total. The van der Waals surface area contributed by atoms with Crippen molar-refractivity contribution in [3.8, 4) is 17.2 Å². The van der Waals surface area contributed by atoms with Gasteiger partial charge in [0, 0.05) is 11.6 Å². The zero-order valence-corrected chi connectivity index (χ0v) is 15.2. The van der Waals surface area contributed by atoms with Crippen LogP contribution in [-0.4, -0.2) is 39.7 Å². The van der Waals surface area contributed by atoms with Crippen molar-refractivity contribution in [1.29, 1.82) is 0 Å². The molecule has 0 unspecified atom stereocenters. The lowest BCUT2D eigenvalue weighted by Crippen LogP contribution is -2.12. The number of methoxy groups -OCH3 is 3. The number of ketones is 1. The van der Waals surface area contributed by atoms with Crippen molar-refractivity contribution in [2.45, 2.75) is 0 Å². The minimum absolute atomic E-state index is 0.262. The standard InChI is InChI=1S/C20H19FO6/c1-24-17-10-13(11-18(25-2)20(17)26-3)4-9-19(23)27-12-16(22)14-5-7-15(21)8-6-14/h4-11H,12H2,1-3H3/b9-4-. The largest absolute Gasteiger partial charge is 0.493 e. The van der Waals surface area contributed by atoms with Crippen molar-refractivity contribution in [3.05, 3.63) is 59.4 Å². The van der Waals surface area contributed by atoms with E-state index in [1.54, 1.807) is 12.1 Å². The van der Waals surface area contributed by atoms with Crippen LogP contribution >= 0.6 is 0 Å². The van der Waals surface area contributed by atoms with Crippen LogP contribution in [0.3, 0.4) is 0 Å². The van der Waals surface area contributed by atoms with Crippen LogP contribution in [0, 0.1) is 5.82 Å². The van der Waals surface area contributed by atoms with Gasteiger partial charge in [-0.25, -0.2) is 9.18 Å². The molecule has 0 spiro atoms. The Hall–Kier alpha value is -3.35. The number of ether oxygens (including phenoxy) is 4. The first kappa shape index (κ1) is 20.0.